The second-order valence-electron chi connectivity index (χ2n) is 5.13. The van der Waals surface area contributed by atoms with Crippen molar-refractivity contribution in [2.75, 3.05) is 26.2 Å². The molecule has 1 heterocycles. The fourth-order valence-electron chi connectivity index (χ4n) is 2.13. The van der Waals surface area contributed by atoms with Gasteiger partial charge in [0.2, 0.25) is 5.91 Å². The molecule has 0 aromatic heterocycles. The standard InChI is InChI=1S/C15H19ClN2O4/c16-11-1-3-13(4-2-11)22-10-14(20)17-9-15(21)18-7-5-12(19)6-8-18/h1-4,12,19H,5-10H2,(H,17,20). The van der Waals surface area contributed by atoms with Crippen LogP contribution in [0.15, 0.2) is 24.3 Å². The molecule has 1 saturated heterocycles. The van der Waals surface area contributed by atoms with Gasteiger partial charge in [-0.25, -0.2) is 0 Å². The molecule has 1 aromatic carbocycles. The third-order valence-corrected chi connectivity index (χ3v) is 3.69. The molecule has 2 rings (SSSR count). The second kappa shape index (κ2) is 8.00. The highest BCUT2D eigenvalue weighted by Gasteiger charge is 2.21. The van der Waals surface area contributed by atoms with Crippen LogP contribution >= 0.6 is 11.6 Å². The number of carbonyl (C=O) groups is 2. The van der Waals surface area contributed by atoms with Crippen LogP contribution in [0.2, 0.25) is 5.02 Å². The van der Waals surface area contributed by atoms with Crippen molar-refractivity contribution in [3.63, 3.8) is 0 Å². The van der Waals surface area contributed by atoms with Gasteiger partial charge in [0.25, 0.3) is 5.91 Å². The van der Waals surface area contributed by atoms with E-state index in [9.17, 15) is 14.7 Å². The van der Waals surface area contributed by atoms with Gasteiger partial charge in [-0.1, -0.05) is 11.6 Å². The number of nitrogens with zero attached hydrogens (tertiary/aromatic N) is 1. The van der Waals surface area contributed by atoms with Crippen LogP contribution in [-0.2, 0) is 9.59 Å². The quantitative estimate of drug-likeness (QED) is 0.839. The van der Waals surface area contributed by atoms with E-state index in [2.05, 4.69) is 5.32 Å². The first kappa shape index (κ1) is 16.6. The maximum atomic E-state index is 11.9. The van der Waals surface area contributed by atoms with Gasteiger partial charge in [-0.05, 0) is 37.1 Å². The number of hydrogen-bond acceptors (Lipinski definition) is 4. The van der Waals surface area contributed by atoms with E-state index in [4.69, 9.17) is 16.3 Å². The summed E-state index contributed by atoms with van der Waals surface area (Å²) in [5.41, 5.74) is 0. The zero-order valence-corrected chi connectivity index (χ0v) is 12.9. The number of carbonyl (C=O) groups excluding carboxylic acids is 2. The normalized spacial score (nSPS) is 15.5. The summed E-state index contributed by atoms with van der Waals surface area (Å²) < 4.78 is 5.29. The van der Waals surface area contributed by atoms with E-state index in [1.54, 1.807) is 29.2 Å². The highest BCUT2D eigenvalue weighted by molar-refractivity contribution is 6.30. The molecule has 0 radical (unpaired) electrons. The van der Waals surface area contributed by atoms with Crippen LogP contribution in [0.4, 0.5) is 0 Å². The van der Waals surface area contributed by atoms with Crippen molar-refractivity contribution in [1.29, 1.82) is 0 Å². The number of nitrogens with one attached hydrogen (secondary N) is 1. The number of piperidine rings is 1. The zero-order valence-electron chi connectivity index (χ0n) is 12.1. The number of hydrogen-bond donors (Lipinski definition) is 2. The molecule has 0 atom stereocenters. The monoisotopic (exact) mass is 326 g/mol. The third kappa shape index (κ3) is 5.20. The highest BCUT2D eigenvalue weighted by Crippen LogP contribution is 2.15. The summed E-state index contributed by atoms with van der Waals surface area (Å²) >= 11 is 5.75. The van der Waals surface area contributed by atoms with Crippen LogP contribution in [0.5, 0.6) is 5.75 Å². The van der Waals surface area contributed by atoms with E-state index in [-0.39, 0.29) is 31.1 Å². The first-order valence-electron chi connectivity index (χ1n) is 7.15. The van der Waals surface area contributed by atoms with Crippen molar-refractivity contribution in [3.8, 4) is 5.75 Å². The molecule has 7 heteroatoms. The minimum absolute atomic E-state index is 0.0566. The van der Waals surface area contributed by atoms with Gasteiger partial charge in [0.05, 0.1) is 12.6 Å². The van der Waals surface area contributed by atoms with Gasteiger partial charge in [-0.3, -0.25) is 9.59 Å². The molecule has 22 heavy (non-hydrogen) atoms. The second-order valence-corrected chi connectivity index (χ2v) is 5.57. The van der Waals surface area contributed by atoms with Crippen molar-refractivity contribution in [2.24, 2.45) is 0 Å². The summed E-state index contributed by atoms with van der Waals surface area (Å²) in [6.07, 6.45) is 0.838. The molecule has 0 unspecified atom stereocenters. The Kier molecular flexibility index (Phi) is 6.03. The molecule has 6 nitrogen and oxygen atoms in total. The summed E-state index contributed by atoms with van der Waals surface area (Å²) in [6, 6.07) is 6.67. The minimum atomic E-state index is -0.361. The van der Waals surface area contributed by atoms with Crippen LogP contribution in [0.25, 0.3) is 0 Å². The number of aliphatic hydroxyl groups is 1. The van der Waals surface area contributed by atoms with E-state index in [1.807, 2.05) is 0 Å². The topological polar surface area (TPSA) is 78.9 Å². The minimum Gasteiger partial charge on any atom is -0.484 e. The van der Waals surface area contributed by atoms with Gasteiger partial charge >= 0.3 is 0 Å². The van der Waals surface area contributed by atoms with Crippen LogP contribution in [0, 0.1) is 0 Å². The Balaban J connectivity index is 1.66. The Labute approximate surface area is 134 Å². The SMILES string of the molecule is O=C(COc1ccc(Cl)cc1)NCC(=O)N1CCC(O)CC1. The van der Waals surface area contributed by atoms with Gasteiger partial charge in [-0.2, -0.15) is 0 Å². The summed E-state index contributed by atoms with van der Waals surface area (Å²) in [4.78, 5) is 25.2. The summed E-state index contributed by atoms with van der Waals surface area (Å²) in [5, 5.41) is 12.5. The van der Waals surface area contributed by atoms with Crippen LogP contribution < -0.4 is 10.1 Å². The Morgan fingerprint density at radius 3 is 2.55 bits per heavy atom. The highest BCUT2D eigenvalue weighted by atomic mass is 35.5. The molecule has 0 bridgehead atoms. The molecule has 1 aliphatic heterocycles. The number of amides is 2. The van der Waals surface area contributed by atoms with E-state index < -0.39 is 0 Å². The van der Waals surface area contributed by atoms with Crippen molar-refractivity contribution in [1.82, 2.24) is 10.2 Å². The molecule has 1 aliphatic rings. The Bertz CT molecular complexity index is 513. The Hall–Kier alpha value is -1.79. The third-order valence-electron chi connectivity index (χ3n) is 3.44. The molecule has 1 fully saturated rings. The number of benzene rings is 1. The van der Waals surface area contributed by atoms with Crippen molar-refractivity contribution in [2.45, 2.75) is 18.9 Å². The number of aliphatic hydroxyl groups excluding tert-OH is 1. The van der Waals surface area contributed by atoms with Crippen molar-refractivity contribution >= 4 is 23.4 Å². The van der Waals surface area contributed by atoms with Gasteiger partial charge < -0.3 is 20.1 Å². The molecular formula is C15H19ClN2O4. The molecular weight excluding hydrogens is 308 g/mol. The predicted molar refractivity (Wildman–Crippen MR) is 81.8 cm³/mol. The zero-order chi connectivity index (χ0) is 15.9. The Morgan fingerprint density at radius 2 is 1.91 bits per heavy atom. The maximum Gasteiger partial charge on any atom is 0.258 e. The largest absolute Gasteiger partial charge is 0.484 e. The molecule has 0 saturated carbocycles. The summed E-state index contributed by atoms with van der Waals surface area (Å²) in [6.45, 7) is 0.834. The van der Waals surface area contributed by atoms with Crippen molar-refractivity contribution < 1.29 is 19.4 Å². The lowest BCUT2D eigenvalue weighted by Gasteiger charge is -2.29. The number of ether oxygens (including phenoxy) is 1. The van der Waals surface area contributed by atoms with Gasteiger partial charge in [-0.15, -0.1) is 0 Å². The number of rotatable bonds is 5. The number of likely N-dealkylation sites (tertiary alicyclic amines) is 1. The molecule has 1 aromatic rings. The Morgan fingerprint density at radius 1 is 1.27 bits per heavy atom. The van der Waals surface area contributed by atoms with E-state index >= 15 is 0 Å². The van der Waals surface area contributed by atoms with Gasteiger partial charge in [0.1, 0.15) is 5.75 Å². The van der Waals surface area contributed by atoms with Crippen LogP contribution in [-0.4, -0.2) is 54.2 Å². The maximum absolute atomic E-state index is 11.9. The first-order chi connectivity index (χ1) is 10.5. The molecule has 2 amide bonds. The summed E-state index contributed by atoms with van der Waals surface area (Å²) in [7, 11) is 0. The van der Waals surface area contributed by atoms with Gasteiger partial charge in [0.15, 0.2) is 6.61 Å². The average Bonchev–Trinajstić information content (AvgIpc) is 2.52. The van der Waals surface area contributed by atoms with E-state index in [0.29, 0.717) is 36.7 Å². The van der Waals surface area contributed by atoms with Crippen molar-refractivity contribution in [3.05, 3.63) is 29.3 Å². The molecule has 0 aliphatic carbocycles. The molecule has 0 spiro atoms. The predicted octanol–water partition coefficient (Wildman–Crippen LogP) is 0.818. The lowest BCUT2D eigenvalue weighted by molar-refractivity contribution is -0.134. The first-order valence-corrected chi connectivity index (χ1v) is 7.53. The fraction of sp³-hybridized carbons (Fsp3) is 0.467. The molecule has 2 N–H and O–H groups in total. The number of halogens is 1. The smallest absolute Gasteiger partial charge is 0.258 e. The lowest BCUT2D eigenvalue weighted by Crippen LogP contribution is -2.45. The van der Waals surface area contributed by atoms with E-state index in [0.717, 1.165) is 0 Å². The lowest BCUT2D eigenvalue weighted by atomic mass is 10.1. The fourth-order valence-corrected chi connectivity index (χ4v) is 2.26. The average molecular weight is 327 g/mol. The van der Waals surface area contributed by atoms with E-state index in [1.165, 1.54) is 0 Å². The van der Waals surface area contributed by atoms with Crippen LogP contribution in [0.3, 0.4) is 0 Å². The molecule has 120 valence electrons. The van der Waals surface area contributed by atoms with Crippen LogP contribution in [0.1, 0.15) is 12.8 Å². The summed E-state index contributed by atoms with van der Waals surface area (Å²) in [5.74, 6) is 0.0305. The van der Waals surface area contributed by atoms with Gasteiger partial charge in [0, 0.05) is 18.1 Å².